The van der Waals surface area contributed by atoms with Crippen LogP contribution in [-0.4, -0.2) is 15.7 Å². The van der Waals surface area contributed by atoms with Gasteiger partial charge in [-0.2, -0.15) is 0 Å². The number of aromatic nitrogens is 2. The zero-order valence-electron chi connectivity index (χ0n) is 12.3. The van der Waals surface area contributed by atoms with Gasteiger partial charge in [0, 0.05) is 0 Å². The molecule has 23 heavy (non-hydrogen) atoms. The van der Waals surface area contributed by atoms with Crippen LogP contribution in [0.3, 0.4) is 0 Å². The van der Waals surface area contributed by atoms with Gasteiger partial charge in [0.2, 0.25) is 0 Å². The van der Waals surface area contributed by atoms with Gasteiger partial charge in [-0.05, 0) is 36.8 Å². The summed E-state index contributed by atoms with van der Waals surface area (Å²) >= 11 is 0. The van der Waals surface area contributed by atoms with Crippen molar-refractivity contribution >= 4 is 17.1 Å². The molecule has 1 aromatic heterocycles. The number of para-hydroxylation sites is 2. The first-order chi connectivity index (χ1) is 11.0. The summed E-state index contributed by atoms with van der Waals surface area (Å²) in [6.45, 7) is 1.68. The fourth-order valence-corrected chi connectivity index (χ4v) is 2.25. The molecule has 0 aliphatic rings. The van der Waals surface area contributed by atoms with Crippen LogP contribution in [0.5, 0.6) is 0 Å². The molecule has 0 unspecified atom stereocenters. The van der Waals surface area contributed by atoms with Crippen molar-refractivity contribution in [1.29, 1.82) is 0 Å². The SMILES string of the molecule is C[C@H](NC(=O)Nn1cnc2ccccc21)c1ccc(F)c(F)c1. The minimum absolute atomic E-state index is 0.467. The fraction of sp³-hybridized carbons (Fsp3) is 0.125. The summed E-state index contributed by atoms with van der Waals surface area (Å²) < 4.78 is 27.7. The van der Waals surface area contributed by atoms with Crippen LogP contribution in [0.4, 0.5) is 13.6 Å². The number of halogens is 2. The molecule has 7 heteroatoms. The van der Waals surface area contributed by atoms with Gasteiger partial charge in [0.25, 0.3) is 0 Å². The van der Waals surface area contributed by atoms with Crippen molar-refractivity contribution in [3.63, 3.8) is 0 Å². The third kappa shape index (κ3) is 3.13. The number of carbonyl (C=O) groups is 1. The van der Waals surface area contributed by atoms with Gasteiger partial charge < -0.3 is 5.32 Å². The molecule has 0 radical (unpaired) electrons. The van der Waals surface area contributed by atoms with E-state index in [-0.39, 0.29) is 0 Å². The lowest BCUT2D eigenvalue weighted by Gasteiger charge is -2.15. The van der Waals surface area contributed by atoms with E-state index in [1.165, 1.54) is 17.1 Å². The van der Waals surface area contributed by atoms with E-state index in [9.17, 15) is 13.6 Å². The fourth-order valence-electron chi connectivity index (χ4n) is 2.25. The quantitative estimate of drug-likeness (QED) is 0.778. The molecule has 0 aliphatic heterocycles. The van der Waals surface area contributed by atoms with Crippen LogP contribution in [-0.2, 0) is 0 Å². The number of urea groups is 1. The van der Waals surface area contributed by atoms with Crippen LogP contribution in [0, 0.1) is 11.6 Å². The van der Waals surface area contributed by atoms with Crippen molar-refractivity contribution in [2.45, 2.75) is 13.0 Å². The van der Waals surface area contributed by atoms with Gasteiger partial charge in [-0.25, -0.2) is 28.7 Å². The maximum absolute atomic E-state index is 13.2. The average Bonchev–Trinajstić information content (AvgIpc) is 2.93. The lowest BCUT2D eigenvalue weighted by molar-refractivity contribution is 0.247. The van der Waals surface area contributed by atoms with Crippen LogP contribution in [0.25, 0.3) is 11.0 Å². The lowest BCUT2D eigenvalue weighted by atomic mass is 10.1. The van der Waals surface area contributed by atoms with Gasteiger partial charge in [0.15, 0.2) is 11.6 Å². The van der Waals surface area contributed by atoms with Crippen molar-refractivity contribution in [2.24, 2.45) is 0 Å². The molecule has 118 valence electrons. The molecule has 0 spiro atoms. The largest absolute Gasteiger partial charge is 0.334 e. The predicted molar refractivity (Wildman–Crippen MR) is 82.4 cm³/mol. The minimum Gasteiger partial charge on any atom is -0.330 e. The number of fused-ring (bicyclic) bond motifs is 1. The van der Waals surface area contributed by atoms with Gasteiger partial charge in [-0.15, -0.1) is 0 Å². The summed E-state index contributed by atoms with van der Waals surface area (Å²) in [7, 11) is 0. The minimum atomic E-state index is -0.947. The summed E-state index contributed by atoms with van der Waals surface area (Å²) in [6.07, 6.45) is 1.49. The van der Waals surface area contributed by atoms with Crippen molar-refractivity contribution < 1.29 is 13.6 Å². The number of hydrogen-bond donors (Lipinski definition) is 2. The van der Waals surface area contributed by atoms with Crippen LogP contribution in [0.2, 0.25) is 0 Å². The first-order valence-corrected chi connectivity index (χ1v) is 6.99. The second-order valence-corrected chi connectivity index (χ2v) is 5.08. The molecule has 2 N–H and O–H groups in total. The standard InChI is InChI=1S/C16H14F2N4O/c1-10(11-6-7-12(17)13(18)8-11)20-16(23)21-22-9-19-14-4-2-3-5-15(14)22/h2-10H,1H3,(H2,20,21,23)/t10-/m0/s1. The Morgan fingerprint density at radius 1 is 1.17 bits per heavy atom. The maximum atomic E-state index is 13.2. The number of carbonyl (C=O) groups excluding carboxylic acids is 1. The van der Waals surface area contributed by atoms with E-state index < -0.39 is 23.7 Å². The van der Waals surface area contributed by atoms with E-state index in [2.05, 4.69) is 15.7 Å². The second-order valence-electron chi connectivity index (χ2n) is 5.08. The van der Waals surface area contributed by atoms with Crippen molar-refractivity contribution in [3.05, 3.63) is 66.0 Å². The summed E-state index contributed by atoms with van der Waals surface area (Å²) in [5.74, 6) is -1.87. The molecule has 2 aromatic carbocycles. The van der Waals surface area contributed by atoms with E-state index in [1.807, 2.05) is 24.3 Å². The molecule has 0 bridgehead atoms. The summed E-state index contributed by atoms with van der Waals surface area (Å²) in [5.41, 5.74) is 4.60. The summed E-state index contributed by atoms with van der Waals surface area (Å²) in [4.78, 5) is 16.2. The van der Waals surface area contributed by atoms with Crippen molar-refractivity contribution in [1.82, 2.24) is 15.0 Å². The van der Waals surface area contributed by atoms with E-state index in [1.54, 1.807) is 6.92 Å². The molecular formula is C16H14F2N4O. The normalized spacial score (nSPS) is 12.1. The molecule has 5 nitrogen and oxygen atoms in total. The molecule has 3 rings (SSSR count). The molecule has 0 saturated heterocycles. The van der Waals surface area contributed by atoms with E-state index >= 15 is 0 Å². The summed E-state index contributed by atoms with van der Waals surface area (Å²) in [5, 5.41) is 2.66. The topological polar surface area (TPSA) is 59.0 Å². The predicted octanol–water partition coefficient (Wildman–Crippen LogP) is 3.33. The van der Waals surface area contributed by atoms with Crippen LogP contribution in [0.1, 0.15) is 18.5 Å². The molecule has 1 heterocycles. The Morgan fingerprint density at radius 3 is 2.74 bits per heavy atom. The van der Waals surface area contributed by atoms with E-state index in [4.69, 9.17) is 0 Å². The van der Waals surface area contributed by atoms with Crippen molar-refractivity contribution in [2.75, 3.05) is 5.43 Å². The van der Waals surface area contributed by atoms with Crippen molar-refractivity contribution in [3.8, 4) is 0 Å². The Balaban J connectivity index is 1.70. The molecular weight excluding hydrogens is 302 g/mol. The van der Waals surface area contributed by atoms with Crippen LogP contribution < -0.4 is 10.7 Å². The first-order valence-electron chi connectivity index (χ1n) is 6.99. The van der Waals surface area contributed by atoms with Crippen LogP contribution >= 0.6 is 0 Å². The Labute approximate surface area is 130 Å². The number of benzene rings is 2. The van der Waals surface area contributed by atoms with Gasteiger partial charge in [-0.1, -0.05) is 18.2 Å². The van der Waals surface area contributed by atoms with E-state index in [0.717, 1.165) is 23.2 Å². The smallest absolute Gasteiger partial charge is 0.330 e. The number of rotatable bonds is 3. The monoisotopic (exact) mass is 316 g/mol. The maximum Gasteiger partial charge on any atom is 0.334 e. The van der Waals surface area contributed by atoms with Crippen LogP contribution in [0.15, 0.2) is 48.8 Å². The average molecular weight is 316 g/mol. The molecule has 1 atom stereocenters. The molecule has 0 saturated carbocycles. The third-order valence-electron chi connectivity index (χ3n) is 3.47. The van der Waals surface area contributed by atoms with Gasteiger partial charge in [-0.3, -0.25) is 0 Å². The Bertz CT molecular complexity index is 862. The van der Waals surface area contributed by atoms with Gasteiger partial charge in [0.1, 0.15) is 6.33 Å². The first kappa shape index (κ1) is 15.0. The highest BCUT2D eigenvalue weighted by molar-refractivity contribution is 5.85. The number of amides is 2. The number of hydrogen-bond acceptors (Lipinski definition) is 2. The molecule has 0 aliphatic carbocycles. The Kier molecular flexibility index (Phi) is 3.92. The number of nitrogens with one attached hydrogen (secondary N) is 2. The Hall–Kier alpha value is -2.96. The van der Waals surface area contributed by atoms with Gasteiger partial charge in [0.05, 0.1) is 17.1 Å². The van der Waals surface area contributed by atoms with E-state index in [0.29, 0.717) is 5.56 Å². The highest BCUT2D eigenvalue weighted by Crippen LogP contribution is 2.16. The summed E-state index contributed by atoms with van der Waals surface area (Å²) in [6, 6.07) is 9.89. The molecule has 2 amide bonds. The van der Waals surface area contributed by atoms with Gasteiger partial charge >= 0.3 is 6.03 Å². The third-order valence-corrected chi connectivity index (χ3v) is 3.47. The lowest BCUT2D eigenvalue weighted by Crippen LogP contribution is -2.35. The number of imidazole rings is 1. The second kappa shape index (κ2) is 6.04. The zero-order valence-corrected chi connectivity index (χ0v) is 12.3. The zero-order chi connectivity index (χ0) is 16.4. The number of nitrogens with zero attached hydrogens (tertiary/aromatic N) is 2. The highest BCUT2D eigenvalue weighted by Gasteiger charge is 2.13. The Morgan fingerprint density at radius 2 is 1.96 bits per heavy atom. The molecule has 3 aromatic rings. The molecule has 0 fully saturated rings. The highest BCUT2D eigenvalue weighted by atomic mass is 19.2.